The van der Waals surface area contributed by atoms with Crippen molar-refractivity contribution in [1.82, 2.24) is 14.3 Å². The molecule has 1 atom stereocenters. The molecule has 7 heteroatoms. The highest BCUT2D eigenvalue weighted by Crippen LogP contribution is 2.33. The second-order valence-electron chi connectivity index (χ2n) is 5.22. The standard InChI is InChI=1S/C14H16ClN3O2S/c1-21(19,20)18-8-2-3-13(18)14-16-9-12(17-14)10-4-6-11(15)7-5-10/h4-7,9,13H,2-3,8H2,1H3,(H,16,17). The van der Waals surface area contributed by atoms with Crippen LogP contribution in [0.1, 0.15) is 24.7 Å². The number of halogens is 1. The van der Waals surface area contributed by atoms with E-state index in [-0.39, 0.29) is 6.04 Å². The predicted octanol–water partition coefficient (Wildman–Crippen LogP) is 2.83. The number of imidazole rings is 1. The Labute approximate surface area is 129 Å². The molecule has 112 valence electrons. The molecule has 0 bridgehead atoms. The summed E-state index contributed by atoms with van der Waals surface area (Å²) in [5.41, 5.74) is 1.84. The van der Waals surface area contributed by atoms with Gasteiger partial charge in [-0.25, -0.2) is 13.4 Å². The molecule has 1 aromatic heterocycles. The summed E-state index contributed by atoms with van der Waals surface area (Å²) in [6.45, 7) is 0.556. The molecule has 21 heavy (non-hydrogen) atoms. The van der Waals surface area contributed by atoms with E-state index < -0.39 is 10.0 Å². The first-order valence-corrected chi connectivity index (χ1v) is 8.95. The van der Waals surface area contributed by atoms with Gasteiger partial charge < -0.3 is 4.98 Å². The summed E-state index contributed by atoms with van der Waals surface area (Å²) in [6.07, 6.45) is 4.63. The molecule has 0 amide bonds. The van der Waals surface area contributed by atoms with Gasteiger partial charge in [0.1, 0.15) is 5.82 Å². The molecule has 1 saturated heterocycles. The number of hydrogen-bond donors (Lipinski definition) is 1. The van der Waals surface area contributed by atoms with Gasteiger partial charge in [-0.1, -0.05) is 23.7 Å². The van der Waals surface area contributed by atoms with Crippen LogP contribution < -0.4 is 0 Å². The molecule has 5 nitrogen and oxygen atoms in total. The minimum absolute atomic E-state index is 0.193. The quantitative estimate of drug-likeness (QED) is 0.943. The van der Waals surface area contributed by atoms with Gasteiger partial charge in [-0.15, -0.1) is 0 Å². The van der Waals surface area contributed by atoms with E-state index in [1.54, 1.807) is 6.20 Å². The summed E-state index contributed by atoms with van der Waals surface area (Å²) < 4.78 is 25.1. The second-order valence-corrected chi connectivity index (χ2v) is 7.59. The topological polar surface area (TPSA) is 66.1 Å². The normalized spacial score (nSPS) is 20.0. The zero-order chi connectivity index (χ0) is 15.0. The van der Waals surface area contributed by atoms with Gasteiger partial charge in [-0.05, 0) is 30.5 Å². The summed E-state index contributed by atoms with van der Waals surface area (Å²) in [4.78, 5) is 7.60. The molecule has 1 unspecified atom stereocenters. The first kappa shape index (κ1) is 14.6. The number of sulfonamides is 1. The molecule has 3 rings (SSSR count). The Morgan fingerprint density at radius 3 is 2.71 bits per heavy atom. The van der Waals surface area contributed by atoms with E-state index in [1.807, 2.05) is 24.3 Å². The van der Waals surface area contributed by atoms with Crippen molar-refractivity contribution >= 4 is 21.6 Å². The summed E-state index contributed by atoms with van der Waals surface area (Å²) in [6, 6.07) is 7.25. The third-order valence-corrected chi connectivity index (χ3v) is 5.24. The van der Waals surface area contributed by atoms with Crippen LogP contribution in [-0.4, -0.2) is 35.5 Å². The Balaban J connectivity index is 1.90. The van der Waals surface area contributed by atoms with E-state index >= 15 is 0 Å². The Morgan fingerprint density at radius 1 is 1.33 bits per heavy atom. The molecule has 0 aliphatic carbocycles. The van der Waals surface area contributed by atoms with Crippen molar-refractivity contribution in [2.45, 2.75) is 18.9 Å². The van der Waals surface area contributed by atoms with E-state index in [9.17, 15) is 8.42 Å². The second kappa shape index (κ2) is 5.44. The number of benzene rings is 1. The van der Waals surface area contributed by atoms with Gasteiger partial charge in [-0.2, -0.15) is 4.31 Å². The SMILES string of the molecule is CS(=O)(=O)N1CCCC1c1ncc(-c2ccc(Cl)cc2)[nH]1. The average Bonchev–Trinajstić information content (AvgIpc) is 3.07. The van der Waals surface area contributed by atoms with Gasteiger partial charge in [0.05, 0.1) is 24.2 Å². The first-order chi connectivity index (χ1) is 9.95. The molecule has 1 aliphatic rings. The van der Waals surface area contributed by atoms with Gasteiger partial charge in [0.2, 0.25) is 10.0 Å². The maximum Gasteiger partial charge on any atom is 0.211 e. The number of nitrogens with zero attached hydrogens (tertiary/aromatic N) is 2. The number of rotatable bonds is 3. The lowest BCUT2D eigenvalue weighted by Crippen LogP contribution is -2.30. The lowest BCUT2D eigenvalue weighted by atomic mass is 10.2. The highest BCUT2D eigenvalue weighted by Gasteiger charge is 2.34. The van der Waals surface area contributed by atoms with Crippen LogP contribution in [0.25, 0.3) is 11.3 Å². The van der Waals surface area contributed by atoms with E-state index in [4.69, 9.17) is 11.6 Å². The molecule has 1 fully saturated rings. The molecule has 2 aromatic rings. The van der Waals surface area contributed by atoms with Crippen LogP contribution in [0.15, 0.2) is 30.5 Å². The van der Waals surface area contributed by atoms with Crippen LogP contribution in [0.2, 0.25) is 5.02 Å². The molecule has 0 saturated carbocycles. The van der Waals surface area contributed by atoms with Gasteiger partial charge >= 0.3 is 0 Å². The molecule has 0 radical (unpaired) electrons. The molecular formula is C14H16ClN3O2S. The van der Waals surface area contributed by atoms with Gasteiger partial charge in [-0.3, -0.25) is 0 Å². The van der Waals surface area contributed by atoms with Gasteiger partial charge in [0.25, 0.3) is 0 Å². The summed E-state index contributed by atoms with van der Waals surface area (Å²) >= 11 is 5.88. The van der Waals surface area contributed by atoms with Crippen LogP contribution in [-0.2, 0) is 10.0 Å². The zero-order valence-corrected chi connectivity index (χ0v) is 13.2. The van der Waals surface area contributed by atoms with Crippen molar-refractivity contribution in [2.75, 3.05) is 12.8 Å². The Morgan fingerprint density at radius 2 is 2.05 bits per heavy atom. The third-order valence-electron chi connectivity index (χ3n) is 3.70. The van der Waals surface area contributed by atoms with Crippen LogP contribution in [0, 0.1) is 0 Å². The molecule has 1 N–H and O–H groups in total. The van der Waals surface area contributed by atoms with Crippen LogP contribution in [0.4, 0.5) is 0 Å². The lowest BCUT2D eigenvalue weighted by molar-refractivity contribution is 0.388. The predicted molar refractivity (Wildman–Crippen MR) is 82.6 cm³/mol. The molecule has 1 aliphatic heterocycles. The zero-order valence-electron chi connectivity index (χ0n) is 11.6. The molecular weight excluding hydrogens is 310 g/mol. The van der Waals surface area contributed by atoms with E-state index in [0.29, 0.717) is 17.4 Å². The Kier molecular flexibility index (Phi) is 3.77. The molecule has 0 spiro atoms. The molecule has 2 heterocycles. The lowest BCUT2D eigenvalue weighted by Gasteiger charge is -2.20. The summed E-state index contributed by atoms with van der Waals surface area (Å²) in [5.74, 6) is 0.697. The van der Waals surface area contributed by atoms with Crippen LogP contribution in [0.3, 0.4) is 0 Å². The van der Waals surface area contributed by atoms with Crippen molar-refractivity contribution in [3.8, 4) is 11.3 Å². The minimum atomic E-state index is -3.20. The number of H-pyrrole nitrogens is 1. The number of aromatic nitrogens is 2. The monoisotopic (exact) mass is 325 g/mol. The van der Waals surface area contributed by atoms with E-state index in [1.165, 1.54) is 10.6 Å². The number of hydrogen-bond acceptors (Lipinski definition) is 3. The van der Waals surface area contributed by atoms with Crippen molar-refractivity contribution < 1.29 is 8.42 Å². The number of nitrogens with one attached hydrogen (secondary N) is 1. The van der Waals surface area contributed by atoms with Crippen molar-refractivity contribution in [3.63, 3.8) is 0 Å². The number of aromatic amines is 1. The van der Waals surface area contributed by atoms with Crippen LogP contribution in [0.5, 0.6) is 0 Å². The van der Waals surface area contributed by atoms with Crippen LogP contribution >= 0.6 is 11.6 Å². The fraction of sp³-hybridized carbons (Fsp3) is 0.357. The van der Waals surface area contributed by atoms with Gasteiger partial charge in [0.15, 0.2) is 0 Å². The van der Waals surface area contributed by atoms with E-state index in [2.05, 4.69) is 9.97 Å². The first-order valence-electron chi connectivity index (χ1n) is 6.73. The highest BCUT2D eigenvalue weighted by atomic mass is 35.5. The Hall–Kier alpha value is -1.37. The fourth-order valence-electron chi connectivity index (χ4n) is 2.69. The maximum absolute atomic E-state index is 11.8. The summed E-state index contributed by atoms with van der Waals surface area (Å²) in [7, 11) is -3.20. The maximum atomic E-state index is 11.8. The molecule has 1 aromatic carbocycles. The Bertz CT molecular complexity index is 740. The smallest absolute Gasteiger partial charge is 0.211 e. The minimum Gasteiger partial charge on any atom is -0.341 e. The van der Waals surface area contributed by atoms with Gasteiger partial charge in [0, 0.05) is 11.6 Å². The van der Waals surface area contributed by atoms with Crippen molar-refractivity contribution in [1.29, 1.82) is 0 Å². The summed E-state index contributed by atoms with van der Waals surface area (Å²) in [5, 5.41) is 0.678. The van der Waals surface area contributed by atoms with Crippen molar-refractivity contribution in [2.24, 2.45) is 0 Å². The fourth-order valence-corrected chi connectivity index (χ4v) is 3.95. The van der Waals surface area contributed by atoms with Crippen molar-refractivity contribution in [3.05, 3.63) is 41.3 Å². The third kappa shape index (κ3) is 2.97. The largest absolute Gasteiger partial charge is 0.341 e. The highest BCUT2D eigenvalue weighted by molar-refractivity contribution is 7.88. The van der Waals surface area contributed by atoms with E-state index in [0.717, 1.165) is 24.1 Å². The average molecular weight is 326 g/mol.